The summed E-state index contributed by atoms with van der Waals surface area (Å²) in [5.41, 5.74) is 3.00. The minimum absolute atomic E-state index is 0.0894. The minimum Gasteiger partial charge on any atom is -0.315 e. The first-order valence-corrected chi connectivity index (χ1v) is 10.5. The highest BCUT2D eigenvalue weighted by Gasteiger charge is 2.49. The zero-order valence-corrected chi connectivity index (χ0v) is 15.2. The summed E-state index contributed by atoms with van der Waals surface area (Å²) in [7, 11) is -3.06. The van der Waals surface area contributed by atoms with Crippen molar-refractivity contribution < 1.29 is 13.2 Å². The van der Waals surface area contributed by atoms with Gasteiger partial charge in [0.2, 0.25) is 0 Å². The van der Waals surface area contributed by atoms with Crippen LogP contribution >= 0.6 is 23.4 Å². The second kappa shape index (κ2) is 6.11. The summed E-state index contributed by atoms with van der Waals surface area (Å²) in [6.45, 7) is 3.95. The van der Waals surface area contributed by atoms with Crippen LogP contribution in [-0.2, 0) is 14.6 Å². The molecule has 0 N–H and O–H groups in total. The third-order valence-electron chi connectivity index (χ3n) is 4.03. The van der Waals surface area contributed by atoms with Crippen molar-refractivity contribution >= 4 is 50.0 Å². The van der Waals surface area contributed by atoms with Gasteiger partial charge in [-0.1, -0.05) is 23.9 Å². The molecule has 0 spiro atoms. The first-order chi connectivity index (χ1) is 10.8. The number of carbonyl (C=O) groups excluding carboxylic acids is 1. The molecular formula is C15H17ClN2O3S2. The summed E-state index contributed by atoms with van der Waals surface area (Å²) in [5.74, 6) is -0.380. The number of hydrogen-bond donors (Lipinski definition) is 0. The molecule has 1 aromatic rings. The fourth-order valence-corrected chi connectivity index (χ4v) is 6.95. The minimum atomic E-state index is -3.06. The number of fused-ring (bicyclic) bond motifs is 1. The molecule has 2 saturated heterocycles. The van der Waals surface area contributed by atoms with Crippen LogP contribution in [0.2, 0.25) is 0 Å². The normalized spacial score (nSPS) is 27.4. The number of aryl methyl sites for hydroxylation is 2. The molecular weight excluding hydrogens is 356 g/mol. The fraction of sp³-hybridized carbons (Fsp3) is 0.467. The Kier molecular flexibility index (Phi) is 4.46. The van der Waals surface area contributed by atoms with E-state index in [2.05, 4.69) is 4.99 Å². The average Bonchev–Trinajstić information content (AvgIpc) is 2.92. The number of halogens is 1. The number of sulfone groups is 1. The lowest BCUT2D eigenvalue weighted by Gasteiger charge is -2.26. The molecule has 23 heavy (non-hydrogen) atoms. The molecule has 0 saturated carbocycles. The quantitative estimate of drug-likeness (QED) is 0.744. The summed E-state index contributed by atoms with van der Waals surface area (Å²) in [6.07, 6.45) is 0. The zero-order chi connectivity index (χ0) is 16.8. The highest BCUT2D eigenvalue weighted by molar-refractivity contribution is 8.16. The van der Waals surface area contributed by atoms with Gasteiger partial charge < -0.3 is 4.90 Å². The molecule has 2 fully saturated rings. The van der Waals surface area contributed by atoms with E-state index in [9.17, 15) is 13.2 Å². The number of alkyl halides is 1. The number of thioether (sulfide) groups is 1. The lowest BCUT2D eigenvalue weighted by Crippen LogP contribution is -2.38. The smallest absolute Gasteiger partial charge is 0.262 e. The van der Waals surface area contributed by atoms with Crippen LogP contribution in [0.4, 0.5) is 5.69 Å². The fourth-order valence-electron chi connectivity index (χ4n) is 2.96. The second-order valence-corrected chi connectivity index (χ2v) is 9.51. The van der Waals surface area contributed by atoms with Gasteiger partial charge in [-0.25, -0.2) is 8.42 Å². The van der Waals surface area contributed by atoms with E-state index in [-0.39, 0.29) is 28.7 Å². The number of nitrogens with zero attached hydrogens (tertiary/aromatic N) is 2. The molecule has 124 valence electrons. The van der Waals surface area contributed by atoms with E-state index in [1.54, 1.807) is 0 Å². The number of benzene rings is 1. The van der Waals surface area contributed by atoms with Crippen molar-refractivity contribution in [2.75, 3.05) is 22.3 Å². The largest absolute Gasteiger partial charge is 0.315 e. The Labute approximate surface area is 145 Å². The molecule has 0 aliphatic carbocycles. The molecule has 0 unspecified atom stereocenters. The van der Waals surface area contributed by atoms with Crippen LogP contribution in [0.15, 0.2) is 23.2 Å². The SMILES string of the molecule is Cc1ccc(C)c(N2C(=NC(=O)CCl)S[C@@H]3CS(=O)(=O)C[C@@H]32)c1. The van der Waals surface area contributed by atoms with Crippen molar-refractivity contribution in [3.05, 3.63) is 29.3 Å². The molecule has 2 aliphatic rings. The van der Waals surface area contributed by atoms with Gasteiger partial charge in [-0.05, 0) is 31.0 Å². The number of rotatable bonds is 2. The average molecular weight is 373 g/mol. The van der Waals surface area contributed by atoms with Crippen molar-refractivity contribution in [3.63, 3.8) is 0 Å². The molecule has 2 atom stereocenters. The Morgan fingerprint density at radius 1 is 1.39 bits per heavy atom. The van der Waals surface area contributed by atoms with E-state index in [1.807, 2.05) is 36.9 Å². The Balaban J connectivity index is 2.08. The summed E-state index contributed by atoms with van der Waals surface area (Å²) in [6, 6.07) is 5.82. The van der Waals surface area contributed by atoms with Gasteiger partial charge in [0.25, 0.3) is 5.91 Å². The van der Waals surface area contributed by atoms with Crippen molar-refractivity contribution in [3.8, 4) is 0 Å². The summed E-state index contributed by atoms with van der Waals surface area (Å²) >= 11 is 6.93. The Morgan fingerprint density at radius 2 is 2.13 bits per heavy atom. The maximum Gasteiger partial charge on any atom is 0.262 e. The van der Waals surface area contributed by atoms with Crippen LogP contribution in [0.25, 0.3) is 0 Å². The van der Waals surface area contributed by atoms with Crippen LogP contribution in [-0.4, -0.2) is 48.2 Å². The lowest BCUT2D eigenvalue weighted by atomic mass is 10.1. The molecule has 1 aromatic carbocycles. The van der Waals surface area contributed by atoms with Gasteiger partial charge in [-0.15, -0.1) is 11.6 Å². The third kappa shape index (κ3) is 3.27. The predicted molar refractivity (Wildman–Crippen MR) is 95.4 cm³/mol. The van der Waals surface area contributed by atoms with E-state index < -0.39 is 15.7 Å². The Hall–Kier alpha value is -1.05. The van der Waals surface area contributed by atoms with Crippen LogP contribution in [0.3, 0.4) is 0 Å². The number of anilines is 1. The molecule has 3 rings (SSSR count). The van der Waals surface area contributed by atoms with Crippen LogP contribution < -0.4 is 4.90 Å². The van der Waals surface area contributed by atoms with Gasteiger partial charge in [-0.2, -0.15) is 4.99 Å². The monoisotopic (exact) mass is 372 g/mol. The lowest BCUT2D eigenvalue weighted by molar-refractivity contribution is -0.115. The van der Waals surface area contributed by atoms with Crippen molar-refractivity contribution in [1.29, 1.82) is 0 Å². The van der Waals surface area contributed by atoms with Crippen molar-refractivity contribution in [1.82, 2.24) is 0 Å². The predicted octanol–water partition coefficient (Wildman–Crippen LogP) is 2.14. The molecule has 5 nitrogen and oxygen atoms in total. The van der Waals surface area contributed by atoms with E-state index in [4.69, 9.17) is 11.6 Å². The zero-order valence-electron chi connectivity index (χ0n) is 12.8. The molecule has 0 bridgehead atoms. The molecule has 0 radical (unpaired) electrons. The van der Waals surface area contributed by atoms with E-state index in [1.165, 1.54) is 11.8 Å². The molecule has 8 heteroatoms. The maximum atomic E-state index is 12.0. The van der Waals surface area contributed by atoms with Crippen molar-refractivity contribution in [2.24, 2.45) is 4.99 Å². The number of aliphatic imine (C=N–C) groups is 1. The third-order valence-corrected chi connectivity index (χ3v) is 7.46. The first-order valence-electron chi connectivity index (χ1n) is 7.22. The van der Waals surface area contributed by atoms with Crippen molar-refractivity contribution in [2.45, 2.75) is 25.1 Å². The molecule has 2 aliphatic heterocycles. The van der Waals surface area contributed by atoms with Crippen LogP contribution in [0.5, 0.6) is 0 Å². The molecule has 0 aromatic heterocycles. The maximum absolute atomic E-state index is 12.0. The summed E-state index contributed by atoms with van der Waals surface area (Å²) in [4.78, 5) is 17.7. The molecule has 2 heterocycles. The molecule has 1 amide bonds. The topological polar surface area (TPSA) is 66.8 Å². The van der Waals surface area contributed by atoms with E-state index in [0.29, 0.717) is 5.17 Å². The highest BCUT2D eigenvalue weighted by atomic mass is 35.5. The standard InChI is InChI=1S/C15H17ClN2O3S2/c1-9-3-4-10(2)11(5-9)18-12-7-23(20,21)8-13(12)22-15(18)17-14(19)6-16/h3-5,12-13H,6-8H2,1-2H3/t12-,13+/m0/s1. The Bertz CT molecular complexity index is 792. The second-order valence-electron chi connectivity index (χ2n) is 5.88. The van der Waals surface area contributed by atoms with Gasteiger partial charge in [0, 0.05) is 10.9 Å². The Morgan fingerprint density at radius 3 is 2.83 bits per heavy atom. The summed E-state index contributed by atoms with van der Waals surface area (Å²) < 4.78 is 24.0. The number of amidine groups is 1. The van der Waals surface area contributed by atoms with Gasteiger partial charge in [0.05, 0.1) is 17.5 Å². The number of carbonyl (C=O) groups is 1. The van der Waals surface area contributed by atoms with Crippen LogP contribution in [0.1, 0.15) is 11.1 Å². The van der Waals surface area contributed by atoms with E-state index >= 15 is 0 Å². The van der Waals surface area contributed by atoms with Crippen LogP contribution in [0, 0.1) is 13.8 Å². The first kappa shape index (κ1) is 16.8. The van der Waals surface area contributed by atoms with Gasteiger partial charge in [-0.3, -0.25) is 4.79 Å². The van der Waals surface area contributed by atoms with Gasteiger partial charge in [0.1, 0.15) is 5.88 Å². The van der Waals surface area contributed by atoms with Gasteiger partial charge >= 0.3 is 0 Å². The summed E-state index contributed by atoms with van der Waals surface area (Å²) in [5, 5.41) is 0.455. The van der Waals surface area contributed by atoms with Gasteiger partial charge in [0.15, 0.2) is 15.0 Å². The van der Waals surface area contributed by atoms with E-state index in [0.717, 1.165) is 16.8 Å². The number of hydrogen-bond acceptors (Lipinski definition) is 4. The highest BCUT2D eigenvalue weighted by Crippen LogP contribution is 2.42. The number of amides is 1.